The summed E-state index contributed by atoms with van der Waals surface area (Å²) in [7, 11) is -4.69. The Bertz CT molecular complexity index is 784. The van der Waals surface area contributed by atoms with Gasteiger partial charge in [-0.3, -0.25) is 4.57 Å². The lowest BCUT2D eigenvalue weighted by Gasteiger charge is -2.26. The summed E-state index contributed by atoms with van der Waals surface area (Å²) in [6.07, 6.45) is 0. The van der Waals surface area contributed by atoms with Crippen molar-refractivity contribution in [2.75, 3.05) is 13.2 Å². The highest BCUT2D eigenvalue weighted by molar-refractivity contribution is 7.54. The van der Waals surface area contributed by atoms with Gasteiger partial charge in [-0.15, -0.1) is 0 Å². The third-order valence-corrected chi connectivity index (χ3v) is 5.77. The smallest absolute Gasteiger partial charge is 0.404 e. The molecular weight excluding hydrogens is 377 g/mol. The van der Waals surface area contributed by atoms with E-state index in [2.05, 4.69) is 0 Å². The summed E-state index contributed by atoms with van der Waals surface area (Å²) in [6, 6.07) is 13.5. The molecule has 0 saturated heterocycles. The first-order valence-electron chi connectivity index (χ1n) is 8.42. The molecule has 0 heterocycles. The van der Waals surface area contributed by atoms with Crippen molar-refractivity contribution < 1.29 is 31.9 Å². The van der Waals surface area contributed by atoms with Gasteiger partial charge in [0.2, 0.25) is 0 Å². The van der Waals surface area contributed by atoms with Crippen LogP contribution in [-0.2, 0) is 30.6 Å². The van der Waals surface area contributed by atoms with E-state index in [0.29, 0.717) is 0 Å². The topological polar surface area (TPSA) is 61.8 Å². The molecule has 8 heteroatoms. The minimum atomic E-state index is -4.69. The second-order valence-corrected chi connectivity index (χ2v) is 7.59. The monoisotopic (exact) mass is 398 g/mol. The second kappa shape index (κ2) is 9.22. The molecule has 0 saturated carbocycles. The van der Waals surface area contributed by atoms with Crippen molar-refractivity contribution in [3.8, 4) is 0 Å². The van der Waals surface area contributed by atoms with Crippen LogP contribution in [0.5, 0.6) is 0 Å². The second-order valence-electron chi connectivity index (χ2n) is 5.51. The minimum absolute atomic E-state index is 0.0709. The molecule has 0 bridgehead atoms. The SMILES string of the molecule is CCOP(=O)(OCC)C(F)(F)c1ccc(C(=O)OCc2ccccc2)cc1. The van der Waals surface area contributed by atoms with E-state index in [1.807, 2.05) is 18.2 Å². The van der Waals surface area contributed by atoms with Gasteiger partial charge in [0.05, 0.1) is 18.8 Å². The number of hydrogen-bond acceptors (Lipinski definition) is 5. The Hall–Kier alpha value is -2.08. The summed E-state index contributed by atoms with van der Waals surface area (Å²) >= 11 is 0. The highest BCUT2D eigenvalue weighted by Crippen LogP contribution is 2.66. The molecule has 0 aliphatic rings. The van der Waals surface area contributed by atoms with Crippen LogP contribution in [0.1, 0.15) is 35.3 Å². The average molecular weight is 398 g/mol. The fraction of sp³-hybridized carbons (Fsp3) is 0.316. The number of esters is 1. The molecule has 0 N–H and O–H groups in total. The maximum absolute atomic E-state index is 14.7. The van der Waals surface area contributed by atoms with Gasteiger partial charge in [0.25, 0.3) is 0 Å². The summed E-state index contributed by atoms with van der Waals surface area (Å²) in [6.45, 7) is 2.61. The first-order valence-corrected chi connectivity index (χ1v) is 9.97. The zero-order chi connectivity index (χ0) is 19.9. The summed E-state index contributed by atoms with van der Waals surface area (Å²) in [5.74, 6) is -0.647. The third-order valence-electron chi connectivity index (χ3n) is 3.62. The largest absolute Gasteiger partial charge is 0.457 e. The molecule has 2 aromatic rings. The van der Waals surface area contributed by atoms with Crippen LogP contribution in [0.3, 0.4) is 0 Å². The Morgan fingerprint density at radius 3 is 2.04 bits per heavy atom. The zero-order valence-electron chi connectivity index (χ0n) is 15.1. The molecule has 0 aromatic heterocycles. The Morgan fingerprint density at radius 1 is 0.963 bits per heavy atom. The minimum Gasteiger partial charge on any atom is -0.457 e. The first kappa shape index (κ1) is 21.2. The van der Waals surface area contributed by atoms with Gasteiger partial charge in [0.1, 0.15) is 6.61 Å². The molecule has 0 fully saturated rings. The highest BCUT2D eigenvalue weighted by Gasteiger charge is 2.54. The Morgan fingerprint density at radius 2 is 1.52 bits per heavy atom. The number of halogens is 2. The van der Waals surface area contributed by atoms with Crippen molar-refractivity contribution in [1.29, 1.82) is 0 Å². The molecule has 0 amide bonds. The van der Waals surface area contributed by atoms with E-state index in [9.17, 15) is 18.1 Å². The maximum atomic E-state index is 14.7. The van der Waals surface area contributed by atoms with Gasteiger partial charge < -0.3 is 13.8 Å². The van der Waals surface area contributed by atoms with Crippen molar-refractivity contribution in [3.05, 3.63) is 71.3 Å². The van der Waals surface area contributed by atoms with Gasteiger partial charge >= 0.3 is 19.2 Å². The third kappa shape index (κ3) is 5.01. The van der Waals surface area contributed by atoms with E-state index in [0.717, 1.165) is 17.7 Å². The lowest BCUT2D eigenvalue weighted by Crippen LogP contribution is -2.18. The van der Waals surface area contributed by atoms with Crippen molar-refractivity contribution in [2.45, 2.75) is 26.1 Å². The van der Waals surface area contributed by atoms with Crippen LogP contribution in [0.15, 0.2) is 54.6 Å². The fourth-order valence-electron chi connectivity index (χ4n) is 2.31. The molecule has 27 heavy (non-hydrogen) atoms. The van der Waals surface area contributed by atoms with Crippen LogP contribution < -0.4 is 0 Å². The molecular formula is C19H21F2O5P. The van der Waals surface area contributed by atoms with E-state index >= 15 is 0 Å². The van der Waals surface area contributed by atoms with Crippen LogP contribution in [0.2, 0.25) is 0 Å². The van der Waals surface area contributed by atoms with Gasteiger partial charge in [-0.2, -0.15) is 8.78 Å². The number of alkyl halides is 2. The van der Waals surface area contributed by atoms with Crippen LogP contribution in [0.4, 0.5) is 8.78 Å². The Labute approximate surface area is 156 Å². The predicted octanol–water partition coefficient (Wildman–Crippen LogP) is 5.36. The van der Waals surface area contributed by atoms with E-state index in [4.69, 9.17) is 13.8 Å². The van der Waals surface area contributed by atoms with Crippen LogP contribution >= 0.6 is 7.60 Å². The van der Waals surface area contributed by atoms with E-state index in [-0.39, 0.29) is 25.4 Å². The normalized spacial score (nSPS) is 12.0. The van der Waals surface area contributed by atoms with Gasteiger partial charge in [-0.25, -0.2) is 4.79 Å². The number of carbonyl (C=O) groups excluding carboxylic acids is 1. The summed E-state index contributed by atoms with van der Waals surface area (Å²) in [5, 5.41) is 0. The van der Waals surface area contributed by atoms with Crippen molar-refractivity contribution >= 4 is 13.6 Å². The predicted molar refractivity (Wildman–Crippen MR) is 96.8 cm³/mol. The molecule has 0 aliphatic heterocycles. The van der Waals surface area contributed by atoms with Crippen LogP contribution in [-0.4, -0.2) is 19.2 Å². The number of hydrogen-bond donors (Lipinski definition) is 0. The van der Waals surface area contributed by atoms with E-state index in [1.54, 1.807) is 12.1 Å². The maximum Gasteiger partial charge on any atom is 0.404 e. The van der Waals surface area contributed by atoms with Crippen LogP contribution in [0.25, 0.3) is 0 Å². The summed E-state index contributed by atoms with van der Waals surface area (Å²) < 4.78 is 56.4. The van der Waals surface area contributed by atoms with Crippen molar-refractivity contribution in [2.24, 2.45) is 0 Å². The van der Waals surface area contributed by atoms with E-state index in [1.165, 1.54) is 26.0 Å². The van der Waals surface area contributed by atoms with Gasteiger partial charge in [-0.05, 0) is 31.5 Å². The van der Waals surface area contributed by atoms with E-state index < -0.39 is 24.8 Å². The molecule has 0 unspecified atom stereocenters. The first-order chi connectivity index (χ1) is 12.8. The molecule has 5 nitrogen and oxygen atoms in total. The molecule has 0 radical (unpaired) electrons. The zero-order valence-corrected chi connectivity index (χ0v) is 16.0. The fourth-order valence-corrected chi connectivity index (χ4v) is 3.85. The highest BCUT2D eigenvalue weighted by atomic mass is 31.2. The molecule has 0 atom stereocenters. The van der Waals surface area contributed by atoms with Gasteiger partial charge in [0.15, 0.2) is 0 Å². The van der Waals surface area contributed by atoms with Gasteiger partial charge in [-0.1, -0.05) is 42.5 Å². The lowest BCUT2D eigenvalue weighted by atomic mass is 10.1. The summed E-state index contributed by atoms with van der Waals surface area (Å²) in [4.78, 5) is 12.1. The quantitative estimate of drug-likeness (QED) is 0.420. The number of ether oxygens (including phenoxy) is 1. The molecule has 146 valence electrons. The number of carbonyl (C=O) groups is 1. The standard InChI is InChI=1S/C19H21F2O5P/c1-3-25-27(23,26-4-2)19(20,21)17-12-10-16(11-13-17)18(22)24-14-15-8-6-5-7-9-15/h5-13H,3-4,14H2,1-2H3. The Balaban J connectivity index is 2.13. The average Bonchev–Trinajstić information content (AvgIpc) is 2.67. The lowest BCUT2D eigenvalue weighted by molar-refractivity contribution is 0.0359. The Kier molecular flexibility index (Phi) is 7.25. The van der Waals surface area contributed by atoms with Crippen LogP contribution in [0, 0.1) is 0 Å². The molecule has 0 aliphatic carbocycles. The van der Waals surface area contributed by atoms with Gasteiger partial charge in [0, 0.05) is 5.56 Å². The summed E-state index contributed by atoms with van der Waals surface area (Å²) in [5.41, 5.74) is -3.49. The number of rotatable bonds is 9. The number of benzene rings is 2. The van der Waals surface area contributed by atoms with Crippen molar-refractivity contribution in [1.82, 2.24) is 0 Å². The molecule has 2 aromatic carbocycles. The van der Waals surface area contributed by atoms with Crippen molar-refractivity contribution in [3.63, 3.8) is 0 Å². The molecule has 2 rings (SSSR count). The molecule has 0 spiro atoms.